The molecule has 0 spiro atoms. The van der Waals surface area contributed by atoms with Gasteiger partial charge in [0.1, 0.15) is 35.7 Å². The number of carbonyl (C=O) groups excluding carboxylic acids is 5. The second kappa shape index (κ2) is 25.2. The Morgan fingerprint density at radius 2 is 1.49 bits per heavy atom. The average Bonchev–Trinajstić information content (AvgIpc) is 3.78. The van der Waals surface area contributed by atoms with E-state index in [4.69, 9.17) is 5.73 Å². The number of aliphatic carboxylic acids is 1. The normalized spacial score (nSPS) is 16.4. The molecule has 0 aliphatic carbocycles. The maximum Gasteiger partial charge on any atom is 0.326 e. The average molecular weight is 975 g/mol. The van der Waals surface area contributed by atoms with Crippen LogP contribution in [-0.2, 0) is 36.8 Å². The smallest absolute Gasteiger partial charge is 0.326 e. The van der Waals surface area contributed by atoms with Crippen LogP contribution < -0.4 is 27.0 Å². The summed E-state index contributed by atoms with van der Waals surface area (Å²) in [7, 11) is 1.37. The minimum atomic E-state index is -1.44. The van der Waals surface area contributed by atoms with Gasteiger partial charge in [-0.05, 0) is 115 Å². The van der Waals surface area contributed by atoms with Gasteiger partial charge in [-0.3, -0.25) is 24.0 Å². The second-order valence-corrected chi connectivity index (χ2v) is 19.2. The number of carboxylic acids is 1. The summed E-state index contributed by atoms with van der Waals surface area (Å²) in [5.41, 5.74) is 10.1. The topological polar surface area (TPSA) is 240 Å². The third-order valence-electron chi connectivity index (χ3n) is 12.8. The van der Waals surface area contributed by atoms with Crippen LogP contribution in [0, 0.1) is 0 Å². The molecule has 2 heterocycles. The quantitative estimate of drug-likeness (QED) is 0.0337. The molecule has 0 unspecified atom stereocenters. The standard InChI is InChI=1S/C54H66N6O9S/c1-4-5-6-7-8-9-10-13-34-15-18-36(19-16-34)37-20-21-38-32-47(70-46(38)31-37)51(65)56-27-25-48(63)58-42(14-11-12-26-55)53(67)60(3)49-39-22-24-45(62)41(30-39)40-28-35(17-23-44(40)61)29-43(54(68)69)59-50(64)33(2)57-52(49)66/h15-24,28,30-33,42-43,49,61-62H,4-14,25-27,29,55H2,1-3H3,(H,56,65)(H,57,66)(H,58,63)(H,59,64)(H,68,69)/t33-,42-,43-,49-/m0/s1. The summed E-state index contributed by atoms with van der Waals surface area (Å²) in [5.74, 6) is -4.96. The van der Waals surface area contributed by atoms with E-state index in [1.807, 2.05) is 18.2 Å². The maximum absolute atomic E-state index is 14.5. The minimum absolute atomic E-state index is 0.0209. The maximum atomic E-state index is 14.5. The van der Waals surface area contributed by atoms with Crippen LogP contribution in [0.3, 0.4) is 0 Å². The Bertz CT molecular complexity index is 2650. The van der Waals surface area contributed by atoms with Crippen molar-refractivity contribution in [1.82, 2.24) is 26.2 Å². The van der Waals surface area contributed by atoms with Crippen LogP contribution >= 0.6 is 11.3 Å². The number of aryl methyl sites for hydroxylation is 1. The zero-order chi connectivity index (χ0) is 50.3. The number of rotatable bonds is 21. The Kier molecular flexibility index (Phi) is 18.9. The number of carbonyl (C=O) groups is 6. The number of aromatic hydroxyl groups is 2. The molecule has 4 aromatic carbocycles. The molecular formula is C54H66N6O9S. The summed E-state index contributed by atoms with van der Waals surface area (Å²) in [5, 5.41) is 43.4. The number of phenols is 2. The highest BCUT2D eigenvalue weighted by atomic mass is 32.1. The predicted molar refractivity (Wildman–Crippen MR) is 272 cm³/mol. The Balaban J connectivity index is 1.12. The van der Waals surface area contributed by atoms with Crippen molar-refractivity contribution in [3.63, 3.8) is 0 Å². The fraction of sp³-hybridized carbons (Fsp3) is 0.407. The van der Waals surface area contributed by atoms with Crippen LogP contribution in [0.5, 0.6) is 11.5 Å². The molecule has 1 aliphatic rings. The summed E-state index contributed by atoms with van der Waals surface area (Å²) in [6.45, 7) is 3.93. The highest BCUT2D eigenvalue weighted by molar-refractivity contribution is 7.20. The van der Waals surface area contributed by atoms with Gasteiger partial charge in [-0.2, -0.15) is 0 Å². The summed E-state index contributed by atoms with van der Waals surface area (Å²) in [4.78, 5) is 82.7. The van der Waals surface area contributed by atoms with Crippen LogP contribution in [-0.4, -0.2) is 94.0 Å². The van der Waals surface area contributed by atoms with Gasteiger partial charge < -0.3 is 47.2 Å². The number of hydrogen-bond acceptors (Lipinski definition) is 10. The lowest BCUT2D eigenvalue weighted by atomic mass is 9.93. The van der Waals surface area contributed by atoms with E-state index in [1.54, 1.807) is 0 Å². The molecule has 4 atom stereocenters. The van der Waals surface area contributed by atoms with Crippen LogP contribution in [0.2, 0.25) is 0 Å². The molecule has 0 saturated carbocycles. The number of thiophene rings is 1. The van der Waals surface area contributed by atoms with Crippen molar-refractivity contribution in [3.8, 4) is 33.8 Å². The van der Waals surface area contributed by atoms with Gasteiger partial charge in [0.05, 0.1) is 4.88 Å². The van der Waals surface area contributed by atoms with E-state index in [1.165, 1.54) is 112 Å². The number of nitrogens with one attached hydrogen (secondary N) is 4. The molecular weight excluding hydrogens is 909 g/mol. The Morgan fingerprint density at radius 3 is 2.20 bits per heavy atom. The lowest BCUT2D eigenvalue weighted by Gasteiger charge is -2.32. The second-order valence-electron chi connectivity index (χ2n) is 18.2. The van der Waals surface area contributed by atoms with Gasteiger partial charge in [0.25, 0.3) is 5.91 Å². The number of unbranched alkanes of at least 4 members (excludes halogenated alkanes) is 7. The van der Waals surface area contributed by atoms with Gasteiger partial charge in [0, 0.05) is 42.3 Å². The SMILES string of the molecule is CCCCCCCCCc1ccc(-c2ccc3cc(C(=O)NCCC(=O)N[C@@H](CCCCN)C(=O)N(C)[C@@H]4C(=O)N[C@@H](C)C(=O)N[C@H](C(=O)O)Cc5ccc(O)c(c5)-c5cc4ccc5O)sc3c2)cc1. The Hall–Kier alpha value is -6.78. The summed E-state index contributed by atoms with van der Waals surface area (Å²) >= 11 is 1.36. The number of carboxylic acid groups (broad SMARTS) is 1. The van der Waals surface area contributed by atoms with E-state index in [2.05, 4.69) is 58.5 Å². The fourth-order valence-corrected chi connectivity index (χ4v) is 9.76. The number of phenolic OH excluding ortho intramolecular Hbond substituents is 2. The number of hydrogen-bond donors (Lipinski definition) is 8. The molecule has 372 valence electrons. The monoisotopic (exact) mass is 974 g/mol. The summed E-state index contributed by atoms with van der Waals surface area (Å²) < 4.78 is 0.956. The van der Waals surface area contributed by atoms with E-state index >= 15 is 0 Å². The molecule has 6 rings (SSSR count). The van der Waals surface area contributed by atoms with E-state index < -0.39 is 53.8 Å². The van der Waals surface area contributed by atoms with Gasteiger partial charge in [-0.15, -0.1) is 11.3 Å². The summed E-state index contributed by atoms with van der Waals surface area (Å²) in [6, 6.07) is 19.9. The molecule has 70 heavy (non-hydrogen) atoms. The van der Waals surface area contributed by atoms with Gasteiger partial charge in [-0.1, -0.05) is 94.0 Å². The highest BCUT2D eigenvalue weighted by Gasteiger charge is 2.36. The van der Waals surface area contributed by atoms with Crippen molar-refractivity contribution in [2.24, 2.45) is 5.73 Å². The first kappa shape index (κ1) is 52.6. The predicted octanol–water partition coefficient (Wildman–Crippen LogP) is 7.50. The number of likely N-dealkylation sites (N-methyl/N-ethyl adjacent to an activating group) is 1. The van der Waals surface area contributed by atoms with Crippen molar-refractivity contribution < 1.29 is 44.1 Å². The first-order valence-electron chi connectivity index (χ1n) is 24.3. The molecule has 15 nitrogen and oxygen atoms in total. The molecule has 0 radical (unpaired) electrons. The van der Waals surface area contributed by atoms with E-state index in [9.17, 15) is 44.1 Å². The fourth-order valence-electron chi connectivity index (χ4n) is 8.75. The Labute approximate surface area is 413 Å². The number of amides is 5. The van der Waals surface area contributed by atoms with Crippen molar-refractivity contribution in [2.75, 3.05) is 20.1 Å². The molecule has 9 N–H and O–H groups in total. The largest absolute Gasteiger partial charge is 0.507 e. The number of fused-ring (bicyclic) bond motifs is 6. The third-order valence-corrected chi connectivity index (χ3v) is 13.9. The van der Waals surface area contributed by atoms with Gasteiger partial charge in [-0.25, -0.2) is 4.79 Å². The lowest BCUT2D eigenvalue weighted by Crippen LogP contribution is -2.54. The van der Waals surface area contributed by atoms with Gasteiger partial charge in [0.2, 0.25) is 23.6 Å². The zero-order valence-electron chi connectivity index (χ0n) is 40.2. The summed E-state index contributed by atoms with van der Waals surface area (Å²) in [6.07, 6.45) is 10.9. The molecule has 0 fully saturated rings. The third kappa shape index (κ3) is 13.9. The van der Waals surface area contributed by atoms with Crippen LogP contribution in [0.1, 0.15) is 117 Å². The van der Waals surface area contributed by atoms with Crippen molar-refractivity contribution in [3.05, 3.63) is 106 Å². The van der Waals surface area contributed by atoms with Gasteiger partial charge >= 0.3 is 5.97 Å². The van der Waals surface area contributed by atoms with Crippen LogP contribution in [0.15, 0.2) is 84.9 Å². The van der Waals surface area contributed by atoms with Crippen LogP contribution in [0.25, 0.3) is 32.3 Å². The lowest BCUT2D eigenvalue weighted by molar-refractivity contribution is -0.144. The number of nitrogens with zero attached hydrogens (tertiary/aromatic N) is 1. The van der Waals surface area contributed by atoms with E-state index in [0.29, 0.717) is 29.8 Å². The van der Waals surface area contributed by atoms with Crippen LogP contribution in [0.4, 0.5) is 0 Å². The minimum Gasteiger partial charge on any atom is -0.507 e. The molecule has 0 saturated heterocycles. The molecule has 16 heteroatoms. The van der Waals surface area contributed by atoms with Gasteiger partial charge in [0.15, 0.2) is 0 Å². The molecule has 4 bridgehead atoms. The number of benzene rings is 4. The first-order chi connectivity index (χ1) is 33.7. The molecule has 1 aromatic heterocycles. The van der Waals surface area contributed by atoms with Crippen molar-refractivity contribution >= 4 is 56.9 Å². The van der Waals surface area contributed by atoms with Crippen molar-refractivity contribution in [2.45, 2.75) is 121 Å². The molecule has 1 aliphatic heterocycles. The Morgan fingerprint density at radius 1 is 0.800 bits per heavy atom. The van der Waals surface area contributed by atoms with E-state index in [-0.39, 0.29) is 59.9 Å². The molecule has 5 amide bonds. The molecule has 5 aromatic rings. The van der Waals surface area contributed by atoms with E-state index in [0.717, 1.165) is 32.5 Å². The number of nitrogens with two attached hydrogens (primary N) is 1. The zero-order valence-corrected chi connectivity index (χ0v) is 41.0. The van der Waals surface area contributed by atoms with Crippen molar-refractivity contribution in [1.29, 1.82) is 0 Å². The highest BCUT2D eigenvalue weighted by Crippen LogP contribution is 2.39. The first-order valence-corrected chi connectivity index (χ1v) is 25.1.